The van der Waals surface area contributed by atoms with Gasteiger partial charge in [-0.3, -0.25) is 9.59 Å². The molecule has 2 N–H and O–H groups in total. The van der Waals surface area contributed by atoms with E-state index in [0.717, 1.165) is 37.0 Å². The van der Waals surface area contributed by atoms with Gasteiger partial charge in [0.25, 0.3) is 11.8 Å². The number of aliphatic hydroxyl groups is 1. The lowest BCUT2D eigenvalue weighted by atomic mass is 10.0. The van der Waals surface area contributed by atoms with Crippen LogP contribution in [0.15, 0.2) is 12.3 Å². The van der Waals surface area contributed by atoms with Crippen molar-refractivity contribution in [2.45, 2.75) is 89.6 Å². The second kappa shape index (κ2) is 10.4. The average molecular weight is 554 g/mol. The van der Waals surface area contributed by atoms with Crippen LogP contribution < -0.4 is 5.32 Å². The van der Waals surface area contributed by atoms with Crippen LogP contribution in [0.5, 0.6) is 0 Å². The number of aryl methyl sites for hydroxylation is 1. The molecule has 38 heavy (non-hydrogen) atoms. The van der Waals surface area contributed by atoms with Gasteiger partial charge in [-0.25, -0.2) is 9.97 Å². The molecular formula is C26H34F3N5O3S. The number of rotatable bonds is 8. The molecule has 1 atom stereocenters. The lowest BCUT2D eigenvalue weighted by molar-refractivity contribution is -0.142. The normalized spacial score (nSPS) is 20.1. The number of aliphatic hydroxyl groups excluding tert-OH is 1. The number of aromatic nitrogens is 2. The van der Waals surface area contributed by atoms with Crippen molar-refractivity contribution in [1.29, 1.82) is 0 Å². The van der Waals surface area contributed by atoms with Gasteiger partial charge in [-0.2, -0.15) is 13.2 Å². The Morgan fingerprint density at radius 3 is 2.34 bits per heavy atom. The van der Waals surface area contributed by atoms with Crippen LogP contribution >= 0.6 is 11.3 Å². The molecule has 4 rings (SSSR count). The number of pyridine rings is 1. The van der Waals surface area contributed by atoms with Crippen molar-refractivity contribution in [3.8, 4) is 10.4 Å². The van der Waals surface area contributed by atoms with Crippen LogP contribution in [0, 0.1) is 6.92 Å². The second-order valence-corrected chi connectivity index (χ2v) is 11.7. The first-order chi connectivity index (χ1) is 17.8. The predicted molar refractivity (Wildman–Crippen MR) is 139 cm³/mol. The zero-order chi connectivity index (χ0) is 28.0. The fraction of sp³-hybridized carbons (Fsp3) is 0.615. The summed E-state index contributed by atoms with van der Waals surface area (Å²) in [5, 5.41) is 12.3. The molecule has 0 aliphatic carbocycles. The Morgan fingerprint density at radius 1 is 1.24 bits per heavy atom. The van der Waals surface area contributed by atoms with Crippen molar-refractivity contribution in [2.24, 2.45) is 0 Å². The number of halogens is 3. The van der Waals surface area contributed by atoms with Crippen LogP contribution in [0.2, 0.25) is 0 Å². The van der Waals surface area contributed by atoms with E-state index in [4.69, 9.17) is 0 Å². The van der Waals surface area contributed by atoms with E-state index in [1.807, 2.05) is 4.90 Å². The third-order valence-corrected chi connectivity index (χ3v) is 8.86. The molecule has 12 heteroatoms. The minimum Gasteiger partial charge on any atom is -0.394 e. The number of hydrogen-bond acceptors (Lipinski definition) is 7. The second-order valence-electron chi connectivity index (χ2n) is 10.7. The fourth-order valence-corrected chi connectivity index (χ4v) is 6.20. The minimum atomic E-state index is -4.42. The number of likely N-dealkylation sites (N-methyl/N-ethyl adjacent to an activating group) is 1. The Balaban J connectivity index is 1.74. The zero-order valence-corrected chi connectivity index (χ0v) is 23.0. The number of fused-ring (bicyclic) bond motifs is 2. The Morgan fingerprint density at radius 2 is 1.84 bits per heavy atom. The smallest absolute Gasteiger partial charge is 0.394 e. The summed E-state index contributed by atoms with van der Waals surface area (Å²) in [5.74, 6) is -0.598. The summed E-state index contributed by atoms with van der Waals surface area (Å²) in [6.45, 7) is 6.35. The van der Waals surface area contributed by atoms with Crippen molar-refractivity contribution in [2.75, 3.05) is 19.0 Å². The summed E-state index contributed by atoms with van der Waals surface area (Å²) in [6.07, 6.45) is 0.614. The molecular weight excluding hydrogens is 519 g/mol. The summed E-state index contributed by atoms with van der Waals surface area (Å²) < 4.78 is 39.8. The highest BCUT2D eigenvalue weighted by Crippen LogP contribution is 2.41. The number of amides is 2. The van der Waals surface area contributed by atoms with E-state index in [1.54, 1.807) is 27.8 Å². The maximum absolute atomic E-state index is 13.8. The summed E-state index contributed by atoms with van der Waals surface area (Å²) in [5.41, 5.74) is 0.440. The lowest BCUT2D eigenvalue weighted by Crippen LogP contribution is -2.47. The van der Waals surface area contributed by atoms with Gasteiger partial charge in [0.05, 0.1) is 17.0 Å². The van der Waals surface area contributed by atoms with Gasteiger partial charge >= 0.3 is 6.18 Å². The van der Waals surface area contributed by atoms with Gasteiger partial charge in [0, 0.05) is 30.9 Å². The van der Waals surface area contributed by atoms with Crippen LogP contribution in [0.4, 0.5) is 19.0 Å². The maximum Gasteiger partial charge on any atom is 0.408 e. The van der Waals surface area contributed by atoms with Crippen molar-refractivity contribution < 1.29 is 27.9 Å². The van der Waals surface area contributed by atoms with Crippen molar-refractivity contribution in [3.63, 3.8) is 0 Å². The van der Waals surface area contributed by atoms with Crippen molar-refractivity contribution in [1.82, 2.24) is 19.8 Å². The minimum absolute atomic E-state index is 0.0751. The standard InChI is InChI=1S/C26H34F3N5O3S/c1-6-18(26(27,28)29)31-19-11-14(2)17(12-30-19)21-20(23(36)34-15-7-8-16(34)10-9-15)32-22(38-21)24(37)33(5)25(3,4)13-35/h11-12,15-16,18,35H,6-10,13H2,1-5H3,(H,30,31)/t15?,16?,18-/m0/s1. The molecule has 2 fully saturated rings. The van der Waals surface area contributed by atoms with E-state index in [2.05, 4.69) is 15.3 Å². The third-order valence-electron chi connectivity index (χ3n) is 7.78. The lowest BCUT2D eigenvalue weighted by Gasteiger charge is -2.33. The molecule has 2 bridgehead atoms. The molecule has 2 aromatic heterocycles. The number of alkyl halides is 3. The van der Waals surface area contributed by atoms with Gasteiger partial charge in [-0.1, -0.05) is 6.92 Å². The van der Waals surface area contributed by atoms with Crippen molar-refractivity contribution >= 4 is 29.0 Å². The Labute approximate surface area is 224 Å². The summed E-state index contributed by atoms with van der Waals surface area (Å²) >= 11 is 1.06. The number of carbonyl (C=O) groups is 2. The first-order valence-corrected chi connectivity index (χ1v) is 13.6. The van der Waals surface area contributed by atoms with Crippen LogP contribution in [-0.4, -0.2) is 80.2 Å². The molecule has 0 aromatic carbocycles. The number of carbonyl (C=O) groups excluding carboxylic acids is 2. The molecule has 2 saturated heterocycles. The van der Waals surface area contributed by atoms with Crippen molar-refractivity contribution in [3.05, 3.63) is 28.5 Å². The molecule has 208 valence electrons. The van der Waals surface area contributed by atoms with E-state index in [9.17, 15) is 27.9 Å². The van der Waals surface area contributed by atoms with E-state index in [0.29, 0.717) is 16.0 Å². The van der Waals surface area contributed by atoms with E-state index in [-0.39, 0.29) is 47.5 Å². The molecule has 2 aliphatic rings. The summed E-state index contributed by atoms with van der Waals surface area (Å²) in [4.78, 5) is 39.6. The largest absolute Gasteiger partial charge is 0.408 e. The molecule has 4 heterocycles. The third kappa shape index (κ3) is 5.25. The first-order valence-electron chi connectivity index (χ1n) is 12.8. The van der Waals surface area contributed by atoms with Gasteiger partial charge in [0.15, 0.2) is 5.01 Å². The molecule has 2 aliphatic heterocycles. The quantitative estimate of drug-likeness (QED) is 0.484. The van der Waals surface area contributed by atoms with Crippen LogP contribution in [0.3, 0.4) is 0 Å². The summed E-state index contributed by atoms with van der Waals surface area (Å²) in [7, 11) is 1.57. The van der Waals surface area contributed by atoms with Crippen LogP contribution in [0.1, 0.15) is 78.7 Å². The topological polar surface area (TPSA) is 98.7 Å². The maximum atomic E-state index is 13.8. The van der Waals surface area contributed by atoms with E-state index < -0.39 is 23.7 Å². The Bertz CT molecular complexity index is 1200. The number of thiazole rings is 1. The molecule has 2 amide bonds. The fourth-order valence-electron chi connectivity index (χ4n) is 5.10. The van der Waals surface area contributed by atoms with Crippen LogP contribution in [-0.2, 0) is 0 Å². The zero-order valence-electron chi connectivity index (χ0n) is 22.2. The number of nitrogens with one attached hydrogen (secondary N) is 1. The molecule has 0 spiro atoms. The number of anilines is 1. The Hall–Kier alpha value is -2.73. The highest BCUT2D eigenvalue weighted by atomic mass is 32.1. The molecule has 8 nitrogen and oxygen atoms in total. The summed E-state index contributed by atoms with van der Waals surface area (Å²) in [6, 6.07) is 0.0773. The highest BCUT2D eigenvalue weighted by molar-refractivity contribution is 7.17. The molecule has 0 unspecified atom stereocenters. The first kappa shape index (κ1) is 28.3. The highest BCUT2D eigenvalue weighted by Gasteiger charge is 2.44. The van der Waals surface area contributed by atoms with Gasteiger partial charge < -0.3 is 20.2 Å². The average Bonchev–Trinajstić information content (AvgIpc) is 3.60. The molecule has 0 saturated carbocycles. The van der Waals surface area contributed by atoms with E-state index >= 15 is 0 Å². The Kier molecular flexibility index (Phi) is 7.77. The predicted octanol–water partition coefficient (Wildman–Crippen LogP) is 4.88. The van der Waals surface area contributed by atoms with Crippen LogP contribution in [0.25, 0.3) is 10.4 Å². The van der Waals surface area contributed by atoms with Gasteiger partial charge in [-0.05, 0) is 64.5 Å². The molecule has 0 radical (unpaired) electrons. The number of hydrogen-bond donors (Lipinski definition) is 2. The SMILES string of the molecule is CC[C@H](Nc1cc(C)c(-c2sc(C(=O)N(C)C(C)(C)CO)nc2C(=O)N2C3CCC2CC3)cn1)C(F)(F)F. The van der Waals surface area contributed by atoms with Gasteiger partial charge in [0.1, 0.15) is 17.6 Å². The molecule has 2 aromatic rings. The van der Waals surface area contributed by atoms with E-state index in [1.165, 1.54) is 24.1 Å². The van der Waals surface area contributed by atoms with Gasteiger partial charge in [0.2, 0.25) is 0 Å². The monoisotopic (exact) mass is 553 g/mol. The number of nitrogens with zero attached hydrogens (tertiary/aromatic N) is 4. The van der Waals surface area contributed by atoms with Gasteiger partial charge in [-0.15, -0.1) is 11.3 Å².